The maximum Gasteiger partial charge on any atom is 0.306 e. The standard InChI is InChI=1S/C28H32N6O4S/c1-17-3-2-9-34(17)16-23-25(20-4-5-22-19(13-20)8-12-38-22)31-28(39-23)32-26(35)21-14-30-24(15-29-21)33-10-6-18(7-11-33)27(36)37/h4-5,13-15,17-18H,2-3,6-12,16H2,1H3,(H,36,37)(H,31,32,35). The van der Waals surface area contributed by atoms with Gasteiger partial charge in [-0.3, -0.25) is 19.8 Å². The molecular weight excluding hydrogens is 516 g/mol. The molecule has 5 heterocycles. The minimum absolute atomic E-state index is 0.209. The number of anilines is 2. The number of fused-ring (bicyclic) bond motifs is 1. The zero-order valence-electron chi connectivity index (χ0n) is 21.9. The highest BCUT2D eigenvalue weighted by Gasteiger charge is 2.27. The number of carboxylic acids is 1. The summed E-state index contributed by atoms with van der Waals surface area (Å²) in [7, 11) is 0. The first-order valence-electron chi connectivity index (χ1n) is 13.6. The van der Waals surface area contributed by atoms with Gasteiger partial charge in [-0.2, -0.15) is 0 Å². The van der Waals surface area contributed by atoms with Crippen molar-refractivity contribution in [2.45, 2.75) is 51.6 Å². The third-order valence-corrected chi connectivity index (χ3v) is 8.91. The molecule has 0 radical (unpaired) electrons. The first kappa shape index (κ1) is 25.7. The third-order valence-electron chi connectivity index (χ3n) is 7.96. The van der Waals surface area contributed by atoms with Crippen LogP contribution in [-0.4, -0.2) is 69.1 Å². The summed E-state index contributed by atoms with van der Waals surface area (Å²) in [6.45, 7) is 6.03. The molecule has 0 bridgehead atoms. The Labute approximate surface area is 231 Å². The van der Waals surface area contributed by atoms with Crippen LogP contribution in [0.4, 0.5) is 10.9 Å². The van der Waals surface area contributed by atoms with Crippen LogP contribution in [0.3, 0.4) is 0 Å². The van der Waals surface area contributed by atoms with Crippen LogP contribution in [0.2, 0.25) is 0 Å². The summed E-state index contributed by atoms with van der Waals surface area (Å²) in [4.78, 5) is 43.5. The molecule has 3 aromatic rings. The van der Waals surface area contributed by atoms with E-state index in [2.05, 4.69) is 33.2 Å². The van der Waals surface area contributed by atoms with Gasteiger partial charge in [0.15, 0.2) is 5.13 Å². The van der Waals surface area contributed by atoms with E-state index < -0.39 is 5.97 Å². The summed E-state index contributed by atoms with van der Waals surface area (Å²) in [6, 6.07) is 6.74. The molecule has 2 N–H and O–H groups in total. The fourth-order valence-electron chi connectivity index (χ4n) is 5.60. The van der Waals surface area contributed by atoms with E-state index in [1.54, 1.807) is 6.20 Å². The molecule has 2 aromatic heterocycles. The molecular formula is C28H32N6O4S. The van der Waals surface area contributed by atoms with Crippen LogP contribution >= 0.6 is 11.3 Å². The summed E-state index contributed by atoms with van der Waals surface area (Å²) in [5, 5.41) is 12.7. The lowest BCUT2D eigenvalue weighted by Crippen LogP contribution is -2.36. The average Bonchev–Trinajstić information content (AvgIpc) is 3.69. The summed E-state index contributed by atoms with van der Waals surface area (Å²) >= 11 is 1.51. The molecule has 1 aromatic carbocycles. The maximum atomic E-state index is 13.1. The first-order chi connectivity index (χ1) is 18.9. The second-order valence-corrected chi connectivity index (χ2v) is 11.6. The van der Waals surface area contributed by atoms with Crippen molar-refractivity contribution < 1.29 is 19.4 Å². The van der Waals surface area contributed by atoms with Gasteiger partial charge < -0.3 is 14.7 Å². The predicted molar refractivity (Wildman–Crippen MR) is 148 cm³/mol. The number of hydrogen-bond donors (Lipinski definition) is 2. The van der Waals surface area contributed by atoms with E-state index in [9.17, 15) is 14.7 Å². The van der Waals surface area contributed by atoms with Crippen molar-refractivity contribution in [3.63, 3.8) is 0 Å². The predicted octanol–water partition coefficient (Wildman–Crippen LogP) is 4.07. The van der Waals surface area contributed by atoms with Crippen molar-refractivity contribution >= 4 is 34.2 Å². The van der Waals surface area contributed by atoms with Crippen molar-refractivity contribution in [3.8, 4) is 17.0 Å². The molecule has 10 nitrogen and oxygen atoms in total. The highest BCUT2D eigenvalue weighted by atomic mass is 32.1. The summed E-state index contributed by atoms with van der Waals surface area (Å²) in [5.41, 5.74) is 3.33. The monoisotopic (exact) mass is 548 g/mol. The van der Waals surface area contributed by atoms with Gasteiger partial charge in [0.05, 0.1) is 30.6 Å². The fourth-order valence-corrected chi connectivity index (χ4v) is 6.61. The molecule has 3 aliphatic rings. The number of carbonyl (C=O) groups excluding carboxylic acids is 1. The number of hydrogen-bond acceptors (Lipinski definition) is 9. The number of likely N-dealkylation sites (tertiary alicyclic amines) is 1. The van der Waals surface area contributed by atoms with Gasteiger partial charge in [0.1, 0.15) is 17.3 Å². The Hall–Kier alpha value is -3.57. The fraction of sp³-hybridized carbons (Fsp3) is 0.464. The van der Waals surface area contributed by atoms with Crippen molar-refractivity contribution in [1.82, 2.24) is 19.9 Å². The van der Waals surface area contributed by atoms with E-state index >= 15 is 0 Å². The lowest BCUT2D eigenvalue weighted by Gasteiger charge is -2.30. The Morgan fingerprint density at radius 3 is 2.72 bits per heavy atom. The molecule has 0 aliphatic carbocycles. The molecule has 204 valence electrons. The van der Waals surface area contributed by atoms with Crippen LogP contribution in [-0.2, 0) is 17.8 Å². The normalized spacial score (nSPS) is 19.6. The molecule has 6 rings (SSSR count). The zero-order valence-corrected chi connectivity index (χ0v) is 22.7. The van der Waals surface area contributed by atoms with Gasteiger partial charge in [-0.1, -0.05) is 11.3 Å². The van der Waals surface area contributed by atoms with E-state index in [0.717, 1.165) is 41.4 Å². The minimum atomic E-state index is -0.749. The number of thiazole rings is 1. The van der Waals surface area contributed by atoms with E-state index in [0.29, 0.717) is 49.5 Å². The molecule has 0 spiro atoms. The zero-order chi connectivity index (χ0) is 26.9. The van der Waals surface area contributed by atoms with Crippen LogP contribution in [0, 0.1) is 5.92 Å². The smallest absolute Gasteiger partial charge is 0.306 e. The van der Waals surface area contributed by atoms with Crippen LogP contribution in [0.15, 0.2) is 30.6 Å². The number of rotatable bonds is 7. The maximum absolute atomic E-state index is 13.1. The lowest BCUT2D eigenvalue weighted by atomic mass is 9.97. The Morgan fingerprint density at radius 1 is 1.15 bits per heavy atom. The number of aliphatic carboxylic acids is 1. The number of nitrogens with one attached hydrogen (secondary N) is 1. The third kappa shape index (κ3) is 5.46. The first-order valence-corrected chi connectivity index (χ1v) is 14.4. The molecule has 2 fully saturated rings. The Morgan fingerprint density at radius 2 is 2.00 bits per heavy atom. The van der Waals surface area contributed by atoms with Gasteiger partial charge in [-0.15, -0.1) is 0 Å². The number of benzene rings is 1. The second-order valence-electron chi connectivity index (χ2n) is 10.5. The summed E-state index contributed by atoms with van der Waals surface area (Å²) < 4.78 is 5.69. The molecule has 2 saturated heterocycles. The van der Waals surface area contributed by atoms with Crippen molar-refractivity contribution in [3.05, 3.63) is 46.7 Å². The molecule has 1 atom stereocenters. The number of carboxylic acid groups (broad SMARTS) is 1. The number of piperidine rings is 1. The molecule has 1 amide bonds. The molecule has 1 unspecified atom stereocenters. The van der Waals surface area contributed by atoms with E-state index in [-0.39, 0.29) is 17.5 Å². The minimum Gasteiger partial charge on any atom is -0.493 e. The SMILES string of the molecule is CC1CCCN1Cc1sc(NC(=O)c2cnc(N3CCC(C(=O)O)CC3)cn2)nc1-c1ccc2c(c1)CCO2. The van der Waals surface area contributed by atoms with Crippen LogP contribution < -0.4 is 15.0 Å². The quantitative estimate of drug-likeness (QED) is 0.450. The highest BCUT2D eigenvalue weighted by molar-refractivity contribution is 7.16. The summed E-state index contributed by atoms with van der Waals surface area (Å²) in [6.07, 6.45) is 7.47. The molecule has 11 heteroatoms. The number of carbonyl (C=O) groups is 2. The molecule has 3 aliphatic heterocycles. The molecule has 0 saturated carbocycles. The second kappa shape index (κ2) is 10.9. The van der Waals surface area contributed by atoms with E-state index in [4.69, 9.17) is 9.72 Å². The molecule has 39 heavy (non-hydrogen) atoms. The van der Waals surface area contributed by atoms with Crippen molar-refractivity contribution in [2.24, 2.45) is 5.92 Å². The van der Waals surface area contributed by atoms with Gasteiger partial charge in [0, 0.05) is 42.5 Å². The van der Waals surface area contributed by atoms with Gasteiger partial charge in [0.2, 0.25) is 0 Å². The van der Waals surface area contributed by atoms with Gasteiger partial charge in [-0.25, -0.2) is 15.0 Å². The number of aromatic nitrogens is 3. The van der Waals surface area contributed by atoms with Crippen LogP contribution in [0.5, 0.6) is 5.75 Å². The van der Waals surface area contributed by atoms with Crippen LogP contribution in [0.1, 0.15) is 53.5 Å². The topological polar surface area (TPSA) is 121 Å². The lowest BCUT2D eigenvalue weighted by molar-refractivity contribution is -0.142. The number of ether oxygens (including phenoxy) is 1. The van der Waals surface area contributed by atoms with Crippen molar-refractivity contribution in [1.29, 1.82) is 0 Å². The Kier molecular flexibility index (Phi) is 7.18. The average molecular weight is 549 g/mol. The van der Waals surface area contributed by atoms with E-state index in [1.165, 1.54) is 35.9 Å². The largest absolute Gasteiger partial charge is 0.493 e. The van der Waals surface area contributed by atoms with Crippen LogP contribution in [0.25, 0.3) is 11.3 Å². The van der Waals surface area contributed by atoms with E-state index in [1.807, 2.05) is 17.0 Å². The highest BCUT2D eigenvalue weighted by Crippen LogP contribution is 2.37. The summed E-state index contributed by atoms with van der Waals surface area (Å²) in [5.74, 6) is 0.162. The Bertz CT molecular complexity index is 1370. The van der Waals surface area contributed by atoms with Gasteiger partial charge in [0.25, 0.3) is 5.91 Å². The Balaban J connectivity index is 1.19. The van der Waals surface area contributed by atoms with Gasteiger partial charge >= 0.3 is 5.97 Å². The number of amides is 1. The van der Waals surface area contributed by atoms with Gasteiger partial charge in [-0.05, 0) is 62.9 Å². The van der Waals surface area contributed by atoms with Crippen molar-refractivity contribution in [2.75, 3.05) is 36.5 Å². The number of nitrogens with zero attached hydrogens (tertiary/aromatic N) is 5.